The summed E-state index contributed by atoms with van der Waals surface area (Å²) in [6.07, 6.45) is 8.51. The molecular formula is C12H21NO. The van der Waals surface area contributed by atoms with Crippen molar-refractivity contribution in [1.29, 1.82) is 0 Å². The van der Waals surface area contributed by atoms with E-state index in [1.165, 1.54) is 17.6 Å². The molecule has 0 aromatic rings. The molecule has 2 nitrogen and oxygen atoms in total. The van der Waals surface area contributed by atoms with Crippen molar-refractivity contribution in [1.82, 2.24) is 5.32 Å². The monoisotopic (exact) mass is 195 g/mol. The number of allylic oxidation sites excluding steroid dienone is 3. The van der Waals surface area contributed by atoms with Gasteiger partial charge in [-0.1, -0.05) is 23.3 Å². The predicted molar refractivity (Wildman–Crippen MR) is 61.1 cm³/mol. The average molecular weight is 195 g/mol. The molecule has 0 spiro atoms. The third kappa shape index (κ3) is 9.04. The maximum atomic E-state index is 9.97. The summed E-state index contributed by atoms with van der Waals surface area (Å²) in [4.78, 5) is 9.97. The van der Waals surface area contributed by atoms with E-state index in [9.17, 15) is 4.79 Å². The van der Waals surface area contributed by atoms with Crippen LogP contribution in [0.3, 0.4) is 0 Å². The van der Waals surface area contributed by atoms with Crippen LogP contribution in [-0.4, -0.2) is 13.0 Å². The van der Waals surface area contributed by atoms with Gasteiger partial charge in [0, 0.05) is 6.54 Å². The van der Waals surface area contributed by atoms with Crippen molar-refractivity contribution >= 4 is 6.41 Å². The highest BCUT2D eigenvalue weighted by atomic mass is 16.1. The van der Waals surface area contributed by atoms with Crippen molar-refractivity contribution in [3.05, 3.63) is 23.3 Å². The molecule has 0 rings (SSSR count). The first-order chi connectivity index (χ1) is 6.66. The van der Waals surface area contributed by atoms with E-state index in [1.54, 1.807) is 0 Å². The standard InChI is InChI=1S/C12H21NO/c1-11(2)6-4-5-7-12(3)8-9-13-10-14/h6,8,10H,4-5,7,9H2,1-3H3,(H,13,14)/b12-8+. The number of nitrogens with one attached hydrogen (secondary N) is 1. The van der Waals surface area contributed by atoms with Crippen LogP contribution in [0.4, 0.5) is 0 Å². The van der Waals surface area contributed by atoms with Crippen molar-refractivity contribution < 1.29 is 4.79 Å². The van der Waals surface area contributed by atoms with Gasteiger partial charge in [0.1, 0.15) is 0 Å². The fraction of sp³-hybridized carbons (Fsp3) is 0.583. The van der Waals surface area contributed by atoms with E-state index < -0.39 is 0 Å². The Morgan fingerprint density at radius 3 is 2.50 bits per heavy atom. The Kier molecular flexibility index (Phi) is 7.90. The molecule has 14 heavy (non-hydrogen) atoms. The van der Waals surface area contributed by atoms with E-state index >= 15 is 0 Å². The minimum Gasteiger partial charge on any atom is -0.355 e. The Labute approximate surface area is 87.1 Å². The minimum atomic E-state index is 0.651. The van der Waals surface area contributed by atoms with Gasteiger partial charge in [0.2, 0.25) is 6.41 Å². The van der Waals surface area contributed by atoms with Crippen LogP contribution in [0, 0.1) is 0 Å². The van der Waals surface area contributed by atoms with Crippen LogP contribution in [0.1, 0.15) is 40.0 Å². The van der Waals surface area contributed by atoms with Gasteiger partial charge in [0.05, 0.1) is 0 Å². The smallest absolute Gasteiger partial charge is 0.207 e. The Morgan fingerprint density at radius 1 is 1.21 bits per heavy atom. The predicted octanol–water partition coefficient (Wildman–Crippen LogP) is 2.82. The second kappa shape index (κ2) is 8.54. The summed E-state index contributed by atoms with van der Waals surface area (Å²) in [5.41, 5.74) is 2.73. The van der Waals surface area contributed by atoms with E-state index in [-0.39, 0.29) is 0 Å². The summed E-state index contributed by atoms with van der Waals surface area (Å²) in [7, 11) is 0. The zero-order chi connectivity index (χ0) is 10.8. The van der Waals surface area contributed by atoms with Crippen molar-refractivity contribution in [3.8, 4) is 0 Å². The SMILES string of the molecule is CC(C)=CCCC/C(C)=C/CNC=O. The van der Waals surface area contributed by atoms with Crippen molar-refractivity contribution in [2.45, 2.75) is 40.0 Å². The van der Waals surface area contributed by atoms with Gasteiger partial charge in [-0.05, 0) is 40.0 Å². The zero-order valence-electron chi connectivity index (χ0n) is 9.47. The Bertz CT molecular complexity index is 212. The molecule has 1 N–H and O–H groups in total. The second-order valence-corrected chi connectivity index (χ2v) is 3.75. The Balaban J connectivity index is 3.52. The molecule has 0 fully saturated rings. The first kappa shape index (κ1) is 12.9. The molecule has 0 atom stereocenters. The Hall–Kier alpha value is -1.05. The third-order valence-corrected chi connectivity index (χ3v) is 1.98. The lowest BCUT2D eigenvalue weighted by atomic mass is 10.1. The van der Waals surface area contributed by atoms with Gasteiger partial charge in [-0.25, -0.2) is 0 Å². The van der Waals surface area contributed by atoms with E-state index in [1.807, 2.05) is 0 Å². The van der Waals surface area contributed by atoms with Crippen LogP contribution in [0.5, 0.6) is 0 Å². The molecule has 1 amide bonds. The quantitative estimate of drug-likeness (QED) is 0.378. The molecule has 0 saturated heterocycles. The van der Waals surface area contributed by atoms with E-state index in [4.69, 9.17) is 0 Å². The van der Waals surface area contributed by atoms with Gasteiger partial charge in [-0.15, -0.1) is 0 Å². The number of unbranched alkanes of at least 4 members (excludes halogenated alkanes) is 1. The molecule has 0 aromatic heterocycles. The number of hydrogen-bond acceptors (Lipinski definition) is 1. The topological polar surface area (TPSA) is 29.1 Å². The fourth-order valence-electron chi connectivity index (χ4n) is 1.15. The van der Waals surface area contributed by atoms with Crippen LogP contribution < -0.4 is 5.32 Å². The molecule has 0 aromatic carbocycles. The van der Waals surface area contributed by atoms with Crippen LogP contribution in [0.15, 0.2) is 23.3 Å². The van der Waals surface area contributed by atoms with Gasteiger partial charge >= 0.3 is 0 Å². The molecule has 0 heterocycles. The molecule has 2 heteroatoms. The average Bonchev–Trinajstić information content (AvgIpc) is 2.13. The number of carbonyl (C=O) groups excluding carboxylic acids is 1. The summed E-state index contributed by atoms with van der Waals surface area (Å²) < 4.78 is 0. The fourth-order valence-corrected chi connectivity index (χ4v) is 1.15. The highest BCUT2D eigenvalue weighted by molar-refractivity contribution is 5.46. The molecule has 80 valence electrons. The third-order valence-electron chi connectivity index (χ3n) is 1.98. The lowest BCUT2D eigenvalue weighted by Gasteiger charge is -1.99. The molecule has 0 bridgehead atoms. The van der Waals surface area contributed by atoms with Crippen molar-refractivity contribution in [2.75, 3.05) is 6.54 Å². The van der Waals surface area contributed by atoms with E-state index in [0.717, 1.165) is 19.3 Å². The second-order valence-electron chi connectivity index (χ2n) is 3.75. The highest BCUT2D eigenvalue weighted by Crippen LogP contribution is 2.07. The summed E-state index contributed by atoms with van der Waals surface area (Å²) in [6, 6.07) is 0. The highest BCUT2D eigenvalue weighted by Gasteiger charge is 1.89. The molecule has 0 unspecified atom stereocenters. The van der Waals surface area contributed by atoms with Crippen LogP contribution >= 0.6 is 0 Å². The van der Waals surface area contributed by atoms with Gasteiger partial charge in [0.25, 0.3) is 0 Å². The van der Waals surface area contributed by atoms with E-state index in [2.05, 4.69) is 38.2 Å². The van der Waals surface area contributed by atoms with Crippen LogP contribution in [-0.2, 0) is 4.79 Å². The maximum absolute atomic E-state index is 9.97. The van der Waals surface area contributed by atoms with Gasteiger partial charge in [-0.2, -0.15) is 0 Å². The van der Waals surface area contributed by atoms with Crippen LogP contribution in [0.2, 0.25) is 0 Å². The van der Waals surface area contributed by atoms with Gasteiger partial charge in [0.15, 0.2) is 0 Å². The lowest BCUT2D eigenvalue weighted by Crippen LogP contribution is -2.09. The van der Waals surface area contributed by atoms with Crippen LogP contribution in [0.25, 0.3) is 0 Å². The number of hydrogen-bond donors (Lipinski definition) is 1. The summed E-state index contributed by atoms with van der Waals surface area (Å²) in [5, 5.41) is 2.62. The lowest BCUT2D eigenvalue weighted by molar-refractivity contribution is -0.109. The largest absolute Gasteiger partial charge is 0.355 e. The molecule has 0 aliphatic heterocycles. The number of carbonyl (C=O) groups is 1. The molecule has 0 aliphatic rings. The zero-order valence-corrected chi connectivity index (χ0v) is 9.47. The first-order valence-corrected chi connectivity index (χ1v) is 5.13. The van der Waals surface area contributed by atoms with Crippen molar-refractivity contribution in [2.24, 2.45) is 0 Å². The summed E-state index contributed by atoms with van der Waals surface area (Å²) >= 11 is 0. The minimum absolute atomic E-state index is 0.651. The number of amides is 1. The maximum Gasteiger partial charge on any atom is 0.207 e. The molecule has 0 saturated carbocycles. The van der Waals surface area contributed by atoms with Gasteiger partial charge in [-0.3, -0.25) is 4.79 Å². The van der Waals surface area contributed by atoms with Gasteiger partial charge < -0.3 is 5.32 Å². The first-order valence-electron chi connectivity index (χ1n) is 5.13. The number of rotatable bonds is 7. The molecular weight excluding hydrogens is 174 g/mol. The Morgan fingerprint density at radius 2 is 1.93 bits per heavy atom. The molecule has 0 aliphatic carbocycles. The normalized spacial score (nSPS) is 10.9. The van der Waals surface area contributed by atoms with Crippen molar-refractivity contribution in [3.63, 3.8) is 0 Å². The summed E-state index contributed by atoms with van der Waals surface area (Å²) in [5.74, 6) is 0. The van der Waals surface area contributed by atoms with E-state index in [0.29, 0.717) is 6.54 Å². The molecule has 0 radical (unpaired) electrons. The summed E-state index contributed by atoms with van der Waals surface area (Å²) in [6.45, 7) is 7.00.